The standard InChI is InChI=1S/C7H7F3N2OS2/c8-5(6(9)10)1-4-15(11,13)7-12-2-3-14-7/h2-3,11H,1,4H2. The molecule has 0 saturated carbocycles. The van der Waals surface area contributed by atoms with Gasteiger partial charge in [0.15, 0.2) is 10.2 Å². The largest absolute Gasteiger partial charge is 0.301 e. The fraction of sp³-hybridized carbons (Fsp3) is 0.286. The van der Waals surface area contributed by atoms with E-state index in [1.165, 1.54) is 11.6 Å². The Labute approximate surface area is 88.6 Å². The van der Waals surface area contributed by atoms with Gasteiger partial charge in [0.25, 0.3) is 0 Å². The third kappa shape index (κ3) is 3.31. The van der Waals surface area contributed by atoms with Gasteiger partial charge in [0.1, 0.15) is 9.73 Å². The molecule has 1 aromatic heterocycles. The summed E-state index contributed by atoms with van der Waals surface area (Å²) < 4.78 is 54.7. The third-order valence-electron chi connectivity index (χ3n) is 1.51. The van der Waals surface area contributed by atoms with Crippen LogP contribution in [0.25, 0.3) is 0 Å². The molecule has 1 unspecified atom stereocenters. The van der Waals surface area contributed by atoms with Crippen LogP contribution in [0.3, 0.4) is 0 Å². The zero-order valence-corrected chi connectivity index (χ0v) is 9.01. The summed E-state index contributed by atoms with van der Waals surface area (Å²) in [6.07, 6.45) is -1.77. The van der Waals surface area contributed by atoms with Crippen LogP contribution in [0, 0.1) is 4.78 Å². The highest BCUT2D eigenvalue weighted by Crippen LogP contribution is 2.19. The summed E-state index contributed by atoms with van der Waals surface area (Å²) in [5.74, 6) is -2.10. The maximum atomic E-state index is 12.4. The topological polar surface area (TPSA) is 53.8 Å². The van der Waals surface area contributed by atoms with Crippen LogP contribution in [0.5, 0.6) is 0 Å². The van der Waals surface area contributed by atoms with Crippen molar-refractivity contribution in [3.05, 3.63) is 23.5 Å². The Bertz CT molecular complexity index is 449. The molecule has 1 heterocycles. The Balaban J connectivity index is 2.72. The minimum absolute atomic E-state index is 0.0366. The number of halogens is 3. The number of rotatable bonds is 4. The molecule has 0 radical (unpaired) electrons. The number of aromatic nitrogens is 1. The van der Waals surface area contributed by atoms with Crippen molar-refractivity contribution in [2.24, 2.45) is 0 Å². The lowest BCUT2D eigenvalue weighted by Crippen LogP contribution is -2.04. The molecule has 1 rings (SSSR count). The highest BCUT2D eigenvalue weighted by Gasteiger charge is 2.15. The normalized spacial score (nSPS) is 14.6. The Kier molecular flexibility index (Phi) is 3.86. The molecule has 0 spiro atoms. The van der Waals surface area contributed by atoms with Crippen molar-refractivity contribution in [2.45, 2.75) is 10.8 Å². The highest BCUT2D eigenvalue weighted by molar-refractivity contribution is 7.94. The fourth-order valence-electron chi connectivity index (χ4n) is 0.788. The van der Waals surface area contributed by atoms with E-state index in [0.717, 1.165) is 11.3 Å². The fourth-order valence-corrected chi connectivity index (χ4v) is 3.06. The molecule has 1 aromatic rings. The van der Waals surface area contributed by atoms with Crippen LogP contribution in [-0.4, -0.2) is 14.9 Å². The number of nitrogens with zero attached hydrogens (tertiary/aromatic N) is 1. The number of hydrogen-bond acceptors (Lipinski definition) is 4. The van der Waals surface area contributed by atoms with Crippen molar-refractivity contribution >= 4 is 21.1 Å². The van der Waals surface area contributed by atoms with Gasteiger partial charge in [-0.1, -0.05) is 0 Å². The Morgan fingerprint density at radius 2 is 2.20 bits per heavy atom. The van der Waals surface area contributed by atoms with Crippen LogP contribution in [-0.2, 0) is 9.73 Å². The second kappa shape index (κ2) is 4.75. The number of hydrogen-bond donors (Lipinski definition) is 1. The highest BCUT2D eigenvalue weighted by atomic mass is 32.2. The van der Waals surface area contributed by atoms with Gasteiger partial charge in [-0.3, -0.25) is 0 Å². The van der Waals surface area contributed by atoms with Crippen molar-refractivity contribution in [1.82, 2.24) is 4.98 Å². The lowest BCUT2D eigenvalue weighted by atomic mass is 10.4. The molecule has 0 aromatic carbocycles. The molecule has 3 nitrogen and oxygen atoms in total. The van der Waals surface area contributed by atoms with E-state index in [1.54, 1.807) is 0 Å². The van der Waals surface area contributed by atoms with Crippen LogP contribution in [0.4, 0.5) is 13.2 Å². The minimum atomic E-state index is -3.25. The predicted molar refractivity (Wildman–Crippen MR) is 51.1 cm³/mol. The van der Waals surface area contributed by atoms with Crippen molar-refractivity contribution in [2.75, 3.05) is 5.75 Å². The summed E-state index contributed by atoms with van der Waals surface area (Å²) in [4.78, 5) is 3.64. The maximum absolute atomic E-state index is 12.4. The molecule has 0 fully saturated rings. The van der Waals surface area contributed by atoms with Gasteiger partial charge in [-0.15, -0.1) is 11.3 Å². The summed E-state index contributed by atoms with van der Waals surface area (Å²) in [5, 5.41) is 1.52. The minimum Gasteiger partial charge on any atom is -0.247 e. The summed E-state index contributed by atoms with van der Waals surface area (Å²) >= 11 is 0.990. The predicted octanol–water partition coefficient (Wildman–Crippen LogP) is 3.02. The van der Waals surface area contributed by atoms with Crippen LogP contribution in [0.2, 0.25) is 0 Å². The van der Waals surface area contributed by atoms with E-state index in [-0.39, 0.29) is 4.34 Å². The Morgan fingerprint density at radius 1 is 1.53 bits per heavy atom. The summed E-state index contributed by atoms with van der Waals surface area (Å²) in [6, 6.07) is 0. The first kappa shape index (κ1) is 12.2. The summed E-state index contributed by atoms with van der Waals surface area (Å²) in [5.41, 5.74) is 0. The molecule has 8 heteroatoms. The molecule has 0 saturated heterocycles. The van der Waals surface area contributed by atoms with Crippen molar-refractivity contribution in [3.8, 4) is 0 Å². The molecule has 1 atom stereocenters. The average Bonchev–Trinajstić information content (AvgIpc) is 2.67. The summed E-state index contributed by atoms with van der Waals surface area (Å²) in [6.45, 7) is 0. The Morgan fingerprint density at radius 3 is 2.67 bits per heavy atom. The lowest BCUT2D eigenvalue weighted by molar-refractivity contribution is 0.373. The van der Waals surface area contributed by atoms with E-state index in [2.05, 4.69) is 4.98 Å². The monoisotopic (exact) mass is 256 g/mol. The molecule has 0 aliphatic heterocycles. The number of thiazole rings is 1. The van der Waals surface area contributed by atoms with Gasteiger partial charge in [-0.25, -0.2) is 18.4 Å². The van der Waals surface area contributed by atoms with Gasteiger partial charge < -0.3 is 0 Å². The first-order chi connectivity index (χ1) is 6.93. The van der Waals surface area contributed by atoms with E-state index in [9.17, 15) is 17.4 Å². The van der Waals surface area contributed by atoms with Crippen molar-refractivity contribution in [1.29, 1.82) is 4.78 Å². The van der Waals surface area contributed by atoms with E-state index >= 15 is 0 Å². The number of allylic oxidation sites excluding steroid dienone is 1. The smallest absolute Gasteiger partial charge is 0.247 e. The zero-order valence-electron chi connectivity index (χ0n) is 7.37. The lowest BCUT2D eigenvalue weighted by Gasteiger charge is -2.01. The van der Waals surface area contributed by atoms with E-state index in [4.69, 9.17) is 4.78 Å². The molecule has 84 valence electrons. The summed E-state index contributed by atoms with van der Waals surface area (Å²) in [7, 11) is -3.25. The SMILES string of the molecule is N=S(=O)(CCC(F)=C(F)F)c1nccs1. The maximum Gasteiger partial charge on any atom is 0.301 e. The molecule has 15 heavy (non-hydrogen) atoms. The quantitative estimate of drug-likeness (QED) is 0.900. The molecular weight excluding hydrogens is 249 g/mol. The van der Waals surface area contributed by atoms with E-state index in [0.29, 0.717) is 0 Å². The zero-order chi connectivity index (χ0) is 11.5. The van der Waals surface area contributed by atoms with Crippen LogP contribution < -0.4 is 0 Å². The van der Waals surface area contributed by atoms with E-state index < -0.39 is 33.8 Å². The van der Waals surface area contributed by atoms with Gasteiger partial charge in [-0.2, -0.15) is 8.78 Å². The molecular formula is C7H7F3N2OS2. The number of nitrogens with one attached hydrogen (secondary N) is 1. The van der Waals surface area contributed by atoms with Crippen LogP contribution in [0.15, 0.2) is 27.8 Å². The second-order valence-corrected chi connectivity index (χ2v) is 5.89. The molecule has 0 aliphatic carbocycles. The van der Waals surface area contributed by atoms with Gasteiger partial charge in [-0.05, 0) is 0 Å². The molecule has 0 aliphatic rings. The molecule has 0 bridgehead atoms. The van der Waals surface area contributed by atoms with Gasteiger partial charge in [0, 0.05) is 23.8 Å². The van der Waals surface area contributed by atoms with Gasteiger partial charge >= 0.3 is 6.08 Å². The van der Waals surface area contributed by atoms with Crippen LogP contribution >= 0.6 is 11.3 Å². The molecule has 1 N–H and O–H groups in total. The first-order valence-corrected chi connectivity index (χ1v) is 6.40. The van der Waals surface area contributed by atoms with Crippen LogP contribution in [0.1, 0.15) is 6.42 Å². The van der Waals surface area contributed by atoms with Gasteiger partial charge in [0.2, 0.25) is 0 Å². The van der Waals surface area contributed by atoms with E-state index in [1.807, 2.05) is 0 Å². The average molecular weight is 256 g/mol. The van der Waals surface area contributed by atoms with Crippen molar-refractivity contribution < 1.29 is 17.4 Å². The van der Waals surface area contributed by atoms with Crippen molar-refractivity contribution in [3.63, 3.8) is 0 Å². The molecule has 0 amide bonds. The van der Waals surface area contributed by atoms with Gasteiger partial charge in [0.05, 0.1) is 0 Å². The second-order valence-electron chi connectivity index (χ2n) is 2.59. The first-order valence-electron chi connectivity index (χ1n) is 3.79. The Hall–Kier alpha value is -0.890. The third-order valence-corrected chi connectivity index (χ3v) is 4.62.